The Hall–Kier alpha value is -0.600. The molecule has 0 saturated carbocycles. The third-order valence-corrected chi connectivity index (χ3v) is 2.79. The molecule has 0 radical (unpaired) electrons. The number of hydrogen-bond donors (Lipinski definition) is 1. The van der Waals surface area contributed by atoms with E-state index in [1.807, 2.05) is 13.8 Å². The highest BCUT2D eigenvalue weighted by Gasteiger charge is 2.25. The Labute approximate surface area is 88.5 Å². The van der Waals surface area contributed by atoms with E-state index < -0.39 is 11.4 Å². The largest absolute Gasteiger partial charge is 0.385 e. The Bertz CT molecular complexity index is 301. The Balaban J connectivity index is 3.17. The van der Waals surface area contributed by atoms with Gasteiger partial charge < -0.3 is 5.11 Å². The maximum Gasteiger partial charge on any atom is 0.125 e. The molecular formula is C11H14ClFO. The van der Waals surface area contributed by atoms with Crippen LogP contribution >= 0.6 is 11.6 Å². The maximum absolute atomic E-state index is 13.0. The summed E-state index contributed by atoms with van der Waals surface area (Å²) in [5.41, 5.74) is -0.418. The molecule has 0 heterocycles. The maximum atomic E-state index is 13.0. The summed E-state index contributed by atoms with van der Waals surface area (Å²) < 4.78 is 13.0. The van der Waals surface area contributed by atoms with Crippen molar-refractivity contribution in [3.63, 3.8) is 0 Å². The first-order valence-electron chi connectivity index (χ1n) is 4.70. The van der Waals surface area contributed by atoms with Crippen molar-refractivity contribution in [1.82, 2.24) is 0 Å². The molecule has 0 fully saturated rings. The van der Waals surface area contributed by atoms with Gasteiger partial charge in [0.25, 0.3) is 0 Å². The van der Waals surface area contributed by atoms with Gasteiger partial charge in [-0.05, 0) is 36.6 Å². The highest BCUT2D eigenvalue weighted by Crippen LogP contribution is 2.30. The van der Waals surface area contributed by atoms with E-state index in [2.05, 4.69) is 0 Å². The summed E-state index contributed by atoms with van der Waals surface area (Å²) >= 11 is 5.72. The van der Waals surface area contributed by atoms with E-state index in [0.717, 1.165) is 0 Å². The van der Waals surface area contributed by atoms with E-state index in [9.17, 15) is 9.50 Å². The Morgan fingerprint density at radius 3 is 2.29 bits per heavy atom. The van der Waals surface area contributed by atoms with Crippen LogP contribution in [0.4, 0.5) is 4.39 Å². The van der Waals surface area contributed by atoms with Crippen molar-refractivity contribution in [2.45, 2.75) is 32.3 Å². The Kier molecular flexibility index (Phi) is 3.51. The van der Waals surface area contributed by atoms with Crippen LogP contribution in [0.5, 0.6) is 0 Å². The minimum atomic E-state index is -0.967. The lowest BCUT2D eigenvalue weighted by Crippen LogP contribution is -2.23. The van der Waals surface area contributed by atoms with Crippen LogP contribution in [-0.4, -0.2) is 5.11 Å². The average Bonchev–Trinajstić information content (AvgIpc) is 2.15. The van der Waals surface area contributed by atoms with Gasteiger partial charge in [0.1, 0.15) is 5.82 Å². The molecule has 0 bridgehead atoms. The van der Waals surface area contributed by atoms with Crippen molar-refractivity contribution in [2.24, 2.45) is 0 Å². The topological polar surface area (TPSA) is 20.2 Å². The fourth-order valence-electron chi connectivity index (χ4n) is 1.48. The van der Waals surface area contributed by atoms with Gasteiger partial charge in [0, 0.05) is 5.02 Å². The number of aliphatic hydroxyl groups is 1. The van der Waals surface area contributed by atoms with Gasteiger partial charge in [-0.2, -0.15) is 0 Å². The van der Waals surface area contributed by atoms with Gasteiger partial charge in [-0.25, -0.2) is 4.39 Å². The second-order valence-electron chi connectivity index (χ2n) is 3.40. The lowest BCUT2D eigenvalue weighted by molar-refractivity contribution is 0.0281. The SMILES string of the molecule is CCC(O)(CC)c1cc(F)cc(Cl)c1. The summed E-state index contributed by atoms with van der Waals surface area (Å²) in [6, 6.07) is 4.17. The third-order valence-electron chi connectivity index (χ3n) is 2.57. The number of hydrogen-bond acceptors (Lipinski definition) is 1. The summed E-state index contributed by atoms with van der Waals surface area (Å²) in [5, 5.41) is 10.4. The van der Waals surface area contributed by atoms with Crippen LogP contribution in [0.25, 0.3) is 0 Å². The van der Waals surface area contributed by atoms with Gasteiger partial charge in [0.2, 0.25) is 0 Å². The van der Waals surface area contributed by atoms with Gasteiger partial charge in [-0.15, -0.1) is 0 Å². The van der Waals surface area contributed by atoms with E-state index in [1.54, 1.807) is 6.07 Å². The fourth-order valence-corrected chi connectivity index (χ4v) is 1.70. The van der Waals surface area contributed by atoms with Crippen molar-refractivity contribution >= 4 is 11.6 Å². The van der Waals surface area contributed by atoms with Gasteiger partial charge in [0.15, 0.2) is 0 Å². The van der Waals surface area contributed by atoms with Crippen LogP contribution < -0.4 is 0 Å². The van der Waals surface area contributed by atoms with E-state index in [4.69, 9.17) is 11.6 Å². The van der Waals surface area contributed by atoms with E-state index >= 15 is 0 Å². The lowest BCUT2D eigenvalue weighted by Gasteiger charge is -2.25. The molecule has 0 aliphatic rings. The molecule has 0 aliphatic carbocycles. The van der Waals surface area contributed by atoms with Crippen molar-refractivity contribution < 1.29 is 9.50 Å². The summed E-state index contributed by atoms with van der Waals surface area (Å²) in [7, 11) is 0. The van der Waals surface area contributed by atoms with Gasteiger partial charge in [-0.3, -0.25) is 0 Å². The molecule has 0 aliphatic heterocycles. The van der Waals surface area contributed by atoms with Crippen LogP contribution in [0.2, 0.25) is 5.02 Å². The molecule has 1 N–H and O–H groups in total. The van der Waals surface area contributed by atoms with Crippen LogP contribution in [0.15, 0.2) is 18.2 Å². The Morgan fingerprint density at radius 2 is 1.86 bits per heavy atom. The molecule has 0 saturated heterocycles. The van der Waals surface area contributed by atoms with E-state index in [0.29, 0.717) is 23.4 Å². The first kappa shape index (κ1) is 11.5. The summed E-state index contributed by atoms with van der Waals surface area (Å²) in [6.07, 6.45) is 1.09. The van der Waals surface area contributed by atoms with Gasteiger partial charge >= 0.3 is 0 Å². The molecule has 0 atom stereocenters. The molecular weight excluding hydrogens is 203 g/mol. The average molecular weight is 217 g/mol. The van der Waals surface area contributed by atoms with Gasteiger partial charge in [0.05, 0.1) is 5.60 Å². The number of rotatable bonds is 3. The fraction of sp³-hybridized carbons (Fsp3) is 0.455. The monoisotopic (exact) mass is 216 g/mol. The number of benzene rings is 1. The first-order chi connectivity index (χ1) is 6.51. The van der Waals surface area contributed by atoms with Crippen LogP contribution in [0.3, 0.4) is 0 Å². The normalized spacial score (nSPS) is 11.8. The van der Waals surface area contributed by atoms with E-state index in [1.165, 1.54) is 12.1 Å². The van der Waals surface area contributed by atoms with Crippen LogP contribution in [-0.2, 0) is 5.60 Å². The van der Waals surface area contributed by atoms with E-state index in [-0.39, 0.29) is 0 Å². The second-order valence-corrected chi connectivity index (χ2v) is 3.83. The zero-order valence-corrected chi connectivity index (χ0v) is 9.11. The second kappa shape index (κ2) is 4.28. The van der Waals surface area contributed by atoms with Crippen molar-refractivity contribution in [2.75, 3.05) is 0 Å². The summed E-state index contributed by atoms with van der Waals surface area (Å²) in [6.45, 7) is 3.73. The van der Waals surface area contributed by atoms with Gasteiger partial charge in [-0.1, -0.05) is 25.4 Å². The quantitative estimate of drug-likeness (QED) is 0.820. The molecule has 1 rings (SSSR count). The van der Waals surface area contributed by atoms with Crippen LogP contribution in [0, 0.1) is 5.82 Å². The highest BCUT2D eigenvalue weighted by molar-refractivity contribution is 6.30. The molecule has 14 heavy (non-hydrogen) atoms. The molecule has 0 spiro atoms. The molecule has 0 aromatic heterocycles. The third kappa shape index (κ3) is 2.25. The molecule has 1 aromatic carbocycles. The number of halogens is 2. The van der Waals surface area contributed by atoms with Crippen LogP contribution in [0.1, 0.15) is 32.3 Å². The zero-order chi connectivity index (χ0) is 10.8. The first-order valence-corrected chi connectivity index (χ1v) is 5.08. The Morgan fingerprint density at radius 1 is 1.29 bits per heavy atom. The minimum Gasteiger partial charge on any atom is -0.385 e. The molecule has 1 nitrogen and oxygen atoms in total. The van der Waals surface area contributed by atoms with Crippen molar-refractivity contribution in [1.29, 1.82) is 0 Å². The van der Waals surface area contributed by atoms with Crippen molar-refractivity contribution in [3.8, 4) is 0 Å². The molecule has 3 heteroatoms. The predicted molar refractivity (Wildman–Crippen MR) is 55.9 cm³/mol. The minimum absolute atomic E-state index is 0.320. The molecule has 78 valence electrons. The summed E-state index contributed by atoms with van der Waals surface area (Å²) in [4.78, 5) is 0. The summed E-state index contributed by atoms with van der Waals surface area (Å²) in [5.74, 6) is -0.409. The molecule has 0 unspecified atom stereocenters. The predicted octanol–water partition coefficient (Wildman–Crippen LogP) is 3.49. The molecule has 1 aromatic rings. The molecule has 0 amide bonds. The zero-order valence-electron chi connectivity index (χ0n) is 8.35. The lowest BCUT2D eigenvalue weighted by atomic mass is 9.89. The standard InChI is InChI=1S/C11H14ClFO/c1-3-11(14,4-2)8-5-9(12)7-10(13)6-8/h5-7,14H,3-4H2,1-2H3. The smallest absolute Gasteiger partial charge is 0.125 e. The van der Waals surface area contributed by atoms with Crippen molar-refractivity contribution in [3.05, 3.63) is 34.6 Å². The highest BCUT2D eigenvalue weighted by atomic mass is 35.5.